The molecule has 2 saturated heterocycles. The summed E-state index contributed by atoms with van der Waals surface area (Å²) in [6.07, 6.45) is 0.747. The van der Waals surface area contributed by atoms with E-state index in [0.29, 0.717) is 50.4 Å². The van der Waals surface area contributed by atoms with E-state index in [1.165, 1.54) is 0 Å². The van der Waals surface area contributed by atoms with Gasteiger partial charge in [0.25, 0.3) is 0 Å². The number of carbonyl (C=O) groups excluding carboxylic acids is 1. The van der Waals surface area contributed by atoms with Gasteiger partial charge in [-0.3, -0.25) is 10.1 Å². The fourth-order valence-corrected chi connectivity index (χ4v) is 8.35. The second-order valence-corrected chi connectivity index (χ2v) is 11.8. The van der Waals surface area contributed by atoms with Gasteiger partial charge in [-0.1, -0.05) is 34.6 Å². The van der Waals surface area contributed by atoms with Crippen LogP contribution in [0, 0.1) is 35.5 Å². The summed E-state index contributed by atoms with van der Waals surface area (Å²) in [5.74, 6) is 0.990. The first-order valence-corrected chi connectivity index (χ1v) is 12.8. The molecule has 6 unspecified atom stereocenters. The van der Waals surface area contributed by atoms with Crippen LogP contribution in [0.2, 0.25) is 0 Å². The first kappa shape index (κ1) is 23.0. The first-order chi connectivity index (χ1) is 13.6. The van der Waals surface area contributed by atoms with Crippen LogP contribution in [0.3, 0.4) is 0 Å². The van der Waals surface area contributed by atoms with Gasteiger partial charge in [0.1, 0.15) is 6.23 Å². The van der Waals surface area contributed by atoms with E-state index < -0.39 is 22.2 Å². The molecule has 0 aromatic rings. The molecule has 1 amide bonds. The molecule has 3 rings (SSSR count). The molecule has 2 N–H and O–H groups in total. The van der Waals surface area contributed by atoms with Gasteiger partial charge in [-0.25, -0.2) is 8.42 Å². The van der Waals surface area contributed by atoms with Gasteiger partial charge in [0.15, 0.2) is 0 Å². The summed E-state index contributed by atoms with van der Waals surface area (Å²) in [5.41, 5.74) is 0. The van der Waals surface area contributed by atoms with Crippen molar-refractivity contribution in [3.05, 3.63) is 0 Å². The Hall–Kier alpha value is -0.700. The molecule has 2 heterocycles. The van der Waals surface area contributed by atoms with Crippen LogP contribution in [-0.4, -0.2) is 72.8 Å². The lowest BCUT2D eigenvalue weighted by Crippen LogP contribution is -2.59. The number of hydrogen-bond donors (Lipinski definition) is 2. The van der Waals surface area contributed by atoms with Crippen molar-refractivity contribution < 1.29 is 18.3 Å². The Labute approximate surface area is 176 Å². The Morgan fingerprint density at radius 2 is 1.41 bits per heavy atom. The molecule has 0 aromatic heterocycles. The third kappa shape index (κ3) is 4.23. The largest absolute Gasteiger partial charge is 0.378 e. The molecule has 3 aliphatic rings. The molecule has 1 saturated carbocycles. The van der Waals surface area contributed by atoms with Crippen molar-refractivity contribution in [3.8, 4) is 0 Å². The average Bonchev–Trinajstić information content (AvgIpc) is 2.70. The summed E-state index contributed by atoms with van der Waals surface area (Å²) < 4.78 is 28.7. The van der Waals surface area contributed by atoms with Crippen molar-refractivity contribution in [2.45, 2.75) is 58.9 Å². The fraction of sp³-hybridized carbons (Fsp3) is 0.952. The molecule has 168 valence electrons. The SMILES string of the molecule is CC1C(C)C(C)C(S(=O)(=O)N2CCN(C(=O)C3CCCNC3O)CC2)C(C)C1C. The van der Waals surface area contributed by atoms with Crippen molar-refractivity contribution in [2.75, 3.05) is 32.7 Å². The molecule has 0 bridgehead atoms. The van der Waals surface area contributed by atoms with Crippen LogP contribution >= 0.6 is 0 Å². The third-order valence-corrected chi connectivity index (χ3v) is 11.0. The van der Waals surface area contributed by atoms with Crippen LogP contribution < -0.4 is 5.32 Å². The van der Waals surface area contributed by atoms with E-state index in [9.17, 15) is 18.3 Å². The minimum atomic E-state index is -3.42. The van der Waals surface area contributed by atoms with E-state index in [-0.39, 0.29) is 23.0 Å². The van der Waals surface area contributed by atoms with Gasteiger partial charge in [0.2, 0.25) is 15.9 Å². The number of sulfonamides is 1. The molecular weight excluding hydrogens is 390 g/mol. The molecule has 0 aromatic carbocycles. The van der Waals surface area contributed by atoms with Crippen LogP contribution in [0.1, 0.15) is 47.5 Å². The van der Waals surface area contributed by atoms with Gasteiger partial charge in [0.05, 0.1) is 11.2 Å². The van der Waals surface area contributed by atoms with Gasteiger partial charge in [-0.05, 0) is 49.0 Å². The van der Waals surface area contributed by atoms with Crippen molar-refractivity contribution in [3.63, 3.8) is 0 Å². The monoisotopic (exact) mass is 429 g/mol. The Morgan fingerprint density at radius 1 is 0.897 bits per heavy atom. The zero-order valence-corrected chi connectivity index (χ0v) is 19.4. The molecule has 1 aliphatic carbocycles. The number of piperazine rings is 1. The van der Waals surface area contributed by atoms with Crippen LogP contribution in [0.25, 0.3) is 0 Å². The molecule has 0 radical (unpaired) electrons. The second-order valence-electron chi connectivity index (χ2n) is 9.68. The van der Waals surface area contributed by atoms with Gasteiger partial charge in [0, 0.05) is 26.2 Å². The van der Waals surface area contributed by atoms with Gasteiger partial charge in [-0.15, -0.1) is 0 Å². The number of nitrogens with zero attached hydrogens (tertiary/aromatic N) is 2. The predicted molar refractivity (Wildman–Crippen MR) is 113 cm³/mol. The van der Waals surface area contributed by atoms with E-state index in [2.05, 4.69) is 39.9 Å². The van der Waals surface area contributed by atoms with Gasteiger partial charge in [-0.2, -0.15) is 4.31 Å². The smallest absolute Gasteiger partial charge is 0.229 e. The first-order valence-electron chi connectivity index (χ1n) is 11.3. The normalized spacial score (nSPS) is 42.6. The lowest BCUT2D eigenvalue weighted by molar-refractivity contribution is -0.142. The Kier molecular flexibility index (Phi) is 6.98. The second kappa shape index (κ2) is 8.81. The zero-order chi connectivity index (χ0) is 21.5. The van der Waals surface area contributed by atoms with Gasteiger partial charge >= 0.3 is 0 Å². The van der Waals surface area contributed by atoms with Crippen LogP contribution in [-0.2, 0) is 14.8 Å². The summed E-state index contributed by atoms with van der Waals surface area (Å²) in [4.78, 5) is 14.5. The lowest BCUT2D eigenvalue weighted by atomic mass is 9.64. The Morgan fingerprint density at radius 3 is 1.93 bits per heavy atom. The molecule has 8 heteroatoms. The topological polar surface area (TPSA) is 90.0 Å². The van der Waals surface area contributed by atoms with Crippen LogP contribution in [0.5, 0.6) is 0 Å². The highest BCUT2D eigenvalue weighted by atomic mass is 32.2. The minimum absolute atomic E-state index is 0.0581. The molecule has 0 spiro atoms. The molecule has 29 heavy (non-hydrogen) atoms. The summed E-state index contributed by atoms with van der Waals surface area (Å²) in [6, 6.07) is 0. The van der Waals surface area contributed by atoms with E-state index in [0.717, 1.165) is 13.0 Å². The molecular formula is C21H39N3O4S. The average molecular weight is 430 g/mol. The number of rotatable bonds is 3. The van der Waals surface area contributed by atoms with Crippen molar-refractivity contribution in [2.24, 2.45) is 35.5 Å². The number of nitrogens with one attached hydrogen (secondary N) is 1. The Balaban J connectivity index is 1.67. The van der Waals surface area contributed by atoms with E-state index in [1.54, 1.807) is 9.21 Å². The number of hydrogen-bond acceptors (Lipinski definition) is 5. The molecule has 3 fully saturated rings. The third-order valence-electron chi connectivity index (χ3n) is 8.35. The fourth-order valence-electron chi connectivity index (χ4n) is 5.76. The lowest BCUT2D eigenvalue weighted by Gasteiger charge is -2.48. The highest BCUT2D eigenvalue weighted by molar-refractivity contribution is 7.89. The standard InChI is InChI=1S/C21H39N3O4S/c1-13-14(2)16(4)19(17(5)15(13)3)29(27,28)24-11-9-23(10-12-24)21(26)18-7-6-8-22-20(18)25/h13-20,22,25H,6-12H2,1-5H3. The quantitative estimate of drug-likeness (QED) is 0.707. The predicted octanol–water partition coefficient (Wildman–Crippen LogP) is 1.34. The van der Waals surface area contributed by atoms with Crippen molar-refractivity contribution >= 4 is 15.9 Å². The van der Waals surface area contributed by atoms with Crippen LogP contribution in [0.15, 0.2) is 0 Å². The van der Waals surface area contributed by atoms with E-state index >= 15 is 0 Å². The number of aliphatic hydroxyl groups is 1. The Bertz CT molecular complexity index is 676. The summed E-state index contributed by atoms with van der Waals surface area (Å²) >= 11 is 0. The maximum absolute atomic E-state index is 13.6. The van der Waals surface area contributed by atoms with E-state index in [1.807, 2.05) is 0 Å². The minimum Gasteiger partial charge on any atom is -0.378 e. The number of carbonyl (C=O) groups is 1. The number of piperidine rings is 1. The molecule has 7 nitrogen and oxygen atoms in total. The summed E-state index contributed by atoms with van der Waals surface area (Å²) in [5, 5.41) is 12.7. The highest BCUT2D eigenvalue weighted by Gasteiger charge is 2.49. The maximum atomic E-state index is 13.6. The highest BCUT2D eigenvalue weighted by Crippen LogP contribution is 2.45. The zero-order valence-electron chi connectivity index (χ0n) is 18.5. The molecule has 6 atom stereocenters. The maximum Gasteiger partial charge on any atom is 0.229 e. The summed E-state index contributed by atoms with van der Waals surface area (Å²) in [7, 11) is -3.42. The van der Waals surface area contributed by atoms with Crippen molar-refractivity contribution in [1.82, 2.24) is 14.5 Å². The number of amides is 1. The van der Waals surface area contributed by atoms with Crippen LogP contribution in [0.4, 0.5) is 0 Å². The van der Waals surface area contributed by atoms with E-state index in [4.69, 9.17) is 0 Å². The summed E-state index contributed by atoms with van der Waals surface area (Å²) in [6.45, 7) is 13.0. The molecule has 2 aliphatic heterocycles. The number of aliphatic hydroxyl groups excluding tert-OH is 1. The van der Waals surface area contributed by atoms with Gasteiger partial charge < -0.3 is 10.0 Å². The van der Waals surface area contributed by atoms with Crippen molar-refractivity contribution in [1.29, 1.82) is 0 Å².